The van der Waals surface area contributed by atoms with Gasteiger partial charge in [-0.15, -0.1) is 0 Å². The Hall–Kier alpha value is -1.62. The molecule has 0 fully saturated rings. The lowest BCUT2D eigenvalue weighted by Gasteiger charge is -2.07. The molecule has 0 bridgehead atoms. The molecule has 0 aromatic carbocycles. The standard InChI is InChI=1S/C14H23N5/c1-4-8-19-13(6-7-16-19)10-15-9-12-11-18(3)17-14(12)5-2/h6-7,11,15H,4-5,8-10H2,1-3H3. The van der Waals surface area contributed by atoms with Crippen LogP contribution >= 0.6 is 0 Å². The van der Waals surface area contributed by atoms with E-state index in [1.807, 2.05) is 17.9 Å². The Bertz CT molecular complexity index is 512. The second kappa shape index (κ2) is 6.52. The first-order valence-corrected chi connectivity index (χ1v) is 6.97. The van der Waals surface area contributed by atoms with E-state index in [1.54, 1.807) is 0 Å². The Morgan fingerprint density at radius 3 is 2.84 bits per heavy atom. The van der Waals surface area contributed by atoms with Crippen LogP contribution in [0.2, 0.25) is 0 Å². The summed E-state index contributed by atoms with van der Waals surface area (Å²) in [5, 5.41) is 12.3. The van der Waals surface area contributed by atoms with E-state index in [1.165, 1.54) is 17.0 Å². The first kappa shape index (κ1) is 13.8. The summed E-state index contributed by atoms with van der Waals surface area (Å²) < 4.78 is 3.95. The summed E-state index contributed by atoms with van der Waals surface area (Å²) in [5.41, 5.74) is 3.70. The number of rotatable bonds is 7. The Kier molecular flexibility index (Phi) is 4.74. The zero-order valence-electron chi connectivity index (χ0n) is 12.1. The topological polar surface area (TPSA) is 47.7 Å². The van der Waals surface area contributed by atoms with Crippen molar-refractivity contribution in [3.05, 3.63) is 35.4 Å². The molecule has 1 N–H and O–H groups in total. The SMILES string of the molecule is CCCn1nccc1CNCc1cn(C)nc1CC. The third kappa shape index (κ3) is 3.44. The van der Waals surface area contributed by atoms with Gasteiger partial charge in [-0.2, -0.15) is 10.2 Å². The van der Waals surface area contributed by atoms with E-state index in [2.05, 4.69) is 46.3 Å². The third-order valence-electron chi connectivity index (χ3n) is 3.19. The van der Waals surface area contributed by atoms with Crippen LogP contribution in [0, 0.1) is 0 Å². The molecule has 19 heavy (non-hydrogen) atoms. The molecule has 0 amide bonds. The molecular formula is C14H23N5. The quantitative estimate of drug-likeness (QED) is 0.828. The van der Waals surface area contributed by atoms with Gasteiger partial charge in [0, 0.05) is 44.6 Å². The van der Waals surface area contributed by atoms with Crippen molar-refractivity contribution in [2.45, 2.75) is 46.3 Å². The van der Waals surface area contributed by atoms with Crippen molar-refractivity contribution in [2.75, 3.05) is 0 Å². The highest BCUT2D eigenvalue weighted by molar-refractivity contribution is 5.16. The van der Waals surface area contributed by atoms with Crippen molar-refractivity contribution in [2.24, 2.45) is 7.05 Å². The van der Waals surface area contributed by atoms with E-state index in [9.17, 15) is 0 Å². The first-order chi connectivity index (χ1) is 9.24. The molecule has 2 heterocycles. The molecule has 0 saturated carbocycles. The van der Waals surface area contributed by atoms with E-state index in [-0.39, 0.29) is 0 Å². The number of hydrogen-bond donors (Lipinski definition) is 1. The van der Waals surface area contributed by atoms with Gasteiger partial charge in [0.05, 0.1) is 11.4 Å². The van der Waals surface area contributed by atoms with E-state index in [4.69, 9.17) is 0 Å². The highest BCUT2D eigenvalue weighted by Gasteiger charge is 2.06. The van der Waals surface area contributed by atoms with E-state index in [0.29, 0.717) is 0 Å². The molecule has 0 saturated heterocycles. The van der Waals surface area contributed by atoms with Crippen LogP contribution in [-0.2, 0) is 33.1 Å². The highest BCUT2D eigenvalue weighted by Crippen LogP contribution is 2.07. The van der Waals surface area contributed by atoms with Gasteiger partial charge < -0.3 is 5.32 Å². The molecule has 0 aliphatic carbocycles. The fraction of sp³-hybridized carbons (Fsp3) is 0.571. The van der Waals surface area contributed by atoms with Crippen molar-refractivity contribution in [3.63, 3.8) is 0 Å². The van der Waals surface area contributed by atoms with E-state index < -0.39 is 0 Å². The van der Waals surface area contributed by atoms with E-state index >= 15 is 0 Å². The predicted molar refractivity (Wildman–Crippen MR) is 75.6 cm³/mol. The number of hydrogen-bond acceptors (Lipinski definition) is 3. The number of nitrogens with zero attached hydrogens (tertiary/aromatic N) is 4. The summed E-state index contributed by atoms with van der Waals surface area (Å²) in [6.45, 7) is 6.99. The minimum absolute atomic E-state index is 0.845. The summed E-state index contributed by atoms with van der Waals surface area (Å²) in [6, 6.07) is 2.08. The molecule has 0 aliphatic heterocycles. The highest BCUT2D eigenvalue weighted by atomic mass is 15.3. The minimum atomic E-state index is 0.845. The maximum Gasteiger partial charge on any atom is 0.0666 e. The van der Waals surface area contributed by atoms with Crippen molar-refractivity contribution in [1.82, 2.24) is 24.9 Å². The van der Waals surface area contributed by atoms with Crippen LogP contribution < -0.4 is 5.32 Å². The molecule has 0 spiro atoms. The molecule has 5 nitrogen and oxygen atoms in total. The van der Waals surface area contributed by atoms with Gasteiger partial charge in [-0.25, -0.2) is 0 Å². The lowest BCUT2D eigenvalue weighted by atomic mass is 10.2. The molecule has 0 radical (unpaired) electrons. The van der Waals surface area contributed by atoms with Crippen LogP contribution in [0.3, 0.4) is 0 Å². The summed E-state index contributed by atoms with van der Waals surface area (Å²) in [5.74, 6) is 0. The molecule has 0 unspecified atom stereocenters. The molecule has 2 rings (SSSR count). The molecule has 5 heteroatoms. The van der Waals surface area contributed by atoms with Crippen LogP contribution in [-0.4, -0.2) is 19.6 Å². The summed E-state index contributed by atoms with van der Waals surface area (Å²) in [6.07, 6.45) is 6.05. The number of aromatic nitrogens is 4. The maximum absolute atomic E-state index is 4.45. The summed E-state index contributed by atoms with van der Waals surface area (Å²) >= 11 is 0. The average Bonchev–Trinajstić information content (AvgIpc) is 2.97. The Morgan fingerprint density at radius 2 is 2.11 bits per heavy atom. The van der Waals surface area contributed by atoms with E-state index in [0.717, 1.165) is 32.5 Å². The second-order valence-corrected chi connectivity index (χ2v) is 4.78. The molecular weight excluding hydrogens is 238 g/mol. The average molecular weight is 261 g/mol. The Labute approximate surface area is 114 Å². The fourth-order valence-corrected chi connectivity index (χ4v) is 2.28. The smallest absolute Gasteiger partial charge is 0.0666 e. The van der Waals surface area contributed by atoms with Gasteiger partial charge >= 0.3 is 0 Å². The monoisotopic (exact) mass is 261 g/mol. The van der Waals surface area contributed by atoms with Crippen molar-refractivity contribution in [3.8, 4) is 0 Å². The van der Waals surface area contributed by atoms with Crippen molar-refractivity contribution in [1.29, 1.82) is 0 Å². The Balaban J connectivity index is 1.90. The van der Waals surface area contributed by atoms with Crippen LogP contribution in [0.4, 0.5) is 0 Å². The first-order valence-electron chi connectivity index (χ1n) is 6.97. The van der Waals surface area contributed by atoms with Crippen LogP contribution in [0.25, 0.3) is 0 Å². The predicted octanol–water partition coefficient (Wildman–Crippen LogP) is 1.88. The molecule has 0 atom stereocenters. The van der Waals surface area contributed by atoms with Crippen LogP contribution in [0.15, 0.2) is 18.5 Å². The third-order valence-corrected chi connectivity index (χ3v) is 3.19. The maximum atomic E-state index is 4.45. The molecule has 2 aromatic rings. The molecule has 2 aromatic heterocycles. The van der Waals surface area contributed by atoms with Crippen molar-refractivity contribution >= 4 is 0 Å². The Morgan fingerprint density at radius 1 is 1.26 bits per heavy atom. The largest absolute Gasteiger partial charge is 0.307 e. The zero-order valence-corrected chi connectivity index (χ0v) is 12.1. The fourth-order valence-electron chi connectivity index (χ4n) is 2.28. The molecule has 104 valence electrons. The van der Waals surface area contributed by atoms with Crippen LogP contribution in [0.1, 0.15) is 37.2 Å². The lowest BCUT2D eigenvalue weighted by Crippen LogP contribution is -2.17. The zero-order chi connectivity index (χ0) is 13.7. The minimum Gasteiger partial charge on any atom is -0.307 e. The van der Waals surface area contributed by atoms with Gasteiger partial charge in [0.15, 0.2) is 0 Å². The van der Waals surface area contributed by atoms with Crippen LogP contribution in [0.5, 0.6) is 0 Å². The lowest BCUT2D eigenvalue weighted by molar-refractivity contribution is 0.549. The van der Waals surface area contributed by atoms with Gasteiger partial charge in [0.1, 0.15) is 0 Å². The summed E-state index contributed by atoms with van der Waals surface area (Å²) in [7, 11) is 1.97. The normalized spacial score (nSPS) is 11.1. The van der Waals surface area contributed by atoms with Gasteiger partial charge in [0.25, 0.3) is 0 Å². The summed E-state index contributed by atoms with van der Waals surface area (Å²) in [4.78, 5) is 0. The number of nitrogens with one attached hydrogen (secondary N) is 1. The van der Waals surface area contributed by atoms with Gasteiger partial charge in [-0.1, -0.05) is 13.8 Å². The van der Waals surface area contributed by atoms with Gasteiger partial charge in [-0.3, -0.25) is 9.36 Å². The second-order valence-electron chi connectivity index (χ2n) is 4.78. The molecule has 0 aliphatic rings. The van der Waals surface area contributed by atoms with Gasteiger partial charge in [0.2, 0.25) is 0 Å². The van der Waals surface area contributed by atoms with Crippen molar-refractivity contribution < 1.29 is 0 Å². The number of aryl methyl sites for hydroxylation is 3. The van der Waals surface area contributed by atoms with Gasteiger partial charge in [-0.05, 0) is 18.9 Å².